The predicted molar refractivity (Wildman–Crippen MR) is 151 cm³/mol. The van der Waals surface area contributed by atoms with Gasteiger partial charge in [-0.1, -0.05) is 107 Å². The van der Waals surface area contributed by atoms with Crippen molar-refractivity contribution in [2.24, 2.45) is 10.5 Å². The van der Waals surface area contributed by atoms with Gasteiger partial charge < -0.3 is 0 Å². The third-order valence-corrected chi connectivity index (χ3v) is 7.27. The summed E-state index contributed by atoms with van der Waals surface area (Å²) in [6, 6.07) is 36.2. The number of allylic oxidation sites excluding steroid dienone is 3. The Morgan fingerprint density at radius 2 is 1.19 bits per heavy atom. The molecule has 4 nitrogen and oxygen atoms in total. The van der Waals surface area contributed by atoms with Crippen LogP contribution in [0, 0.1) is 5.41 Å². The van der Waals surface area contributed by atoms with E-state index < -0.39 is 5.41 Å². The SMILES string of the molecule is O=C1C=C(c2ccccc2)C=C(c2ccccc2)[C@@]12C(=O)N(c1ccccc1)N=C2c1ccc(Br)cc1. The molecule has 37 heavy (non-hydrogen) atoms. The predicted octanol–water partition coefficient (Wildman–Crippen LogP) is 6.94. The van der Waals surface area contributed by atoms with Gasteiger partial charge in [0.1, 0.15) is 0 Å². The van der Waals surface area contributed by atoms with Gasteiger partial charge in [0.2, 0.25) is 0 Å². The zero-order valence-electron chi connectivity index (χ0n) is 19.7. The van der Waals surface area contributed by atoms with Crippen LogP contribution in [0.3, 0.4) is 0 Å². The van der Waals surface area contributed by atoms with Gasteiger partial charge in [-0.2, -0.15) is 10.1 Å². The maximum absolute atomic E-state index is 14.5. The van der Waals surface area contributed by atoms with Crippen LogP contribution < -0.4 is 5.01 Å². The van der Waals surface area contributed by atoms with Crippen molar-refractivity contribution >= 4 is 50.2 Å². The molecule has 2 aliphatic rings. The van der Waals surface area contributed by atoms with E-state index in [0.717, 1.165) is 21.2 Å². The molecule has 0 saturated carbocycles. The van der Waals surface area contributed by atoms with Gasteiger partial charge in [0, 0.05) is 4.47 Å². The first-order valence-electron chi connectivity index (χ1n) is 11.9. The molecule has 0 aromatic heterocycles. The van der Waals surface area contributed by atoms with Gasteiger partial charge in [0.15, 0.2) is 11.2 Å². The van der Waals surface area contributed by atoms with Crippen molar-refractivity contribution in [3.63, 3.8) is 0 Å². The lowest BCUT2D eigenvalue weighted by atomic mass is 9.65. The second kappa shape index (κ2) is 9.26. The molecule has 1 atom stereocenters. The van der Waals surface area contributed by atoms with Crippen molar-refractivity contribution in [3.8, 4) is 0 Å². The Labute approximate surface area is 223 Å². The third kappa shape index (κ3) is 3.79. The molecule has 1 aliphatic carbocycles. The molecule has 4 aromatic rings. The van der Waals surface area contributed by atoms with E-state index in [-0.39, 0.29) is 11.7 Å². The largest absolute Gasteiger partial charge is 0.293 e. The Bertz CT molecular complexity index is 1590. The van der Waals surface area contributed by atoms with Gasteiger partial charge in [-0.05, 0) is 64.3 Å². The second-order valence-electron chi connectivity index (χ2n) is 8.91. The fraction of sp³-hybridized carbons (Fsp3) is 0.0312. The summed E-state index contributed by atoms with van der Waals surface area (Å²) in [6.45, 7) is 0. The zero-order valence-corrected chi connectivity index (χ0v) is 21.3. The molecule has 5 heteroatoms. The first kappa shape index (κ1) is 23.1. The van der Waals surface area contributed by atoms with Crippen molar-refractivity contribution in [2.75, 3.05) is 5.01 Å². The number of ketones is 1. The van der Waals surface area contributed by atoms with Gasteiger partial charge in [-0.15, -0.1) is 0 Å². The number of hydrogen-bond acceptors (Lipinski definition) is 3. The number of carbonyl (C=O) groups excluding carboxylic acids is 2. The minimum Gasteiger partial charge on any atom is -0.293 e. The van der Waals surface area contributed by atoms with Crippen molar-refractivity contribution in [2.45, 2.75) is 0 Å². The highest BCUT2D eigenvalue weighted by Gasteiger charge is 2.60. The number of rotatable bonds is 4. The number of anilines is 1. The summed E-state index contributed by atoms with van der Waals surface area (Å²) >= 11 is 3.49. The molecule has 178 valence electrons. The molecule has 0 fully saturated rings. The van der Waals surface area contributed by atoms with E-state index in [2.05, 4.69) is 15.9 Å². The summed E-state index contributed by atoms with van der Waals surface area (Å²) in [4.78, 5) is 28.9. The standard InChI is InChI=1S/C32H21BrN2O2/c33-26-18-16-24(17-19-26)30-32(31(37)35(34-30)27-14-8-3-9-15-27)28(23-12-6-2-7-13-23)20-25(21-29(32)36)22-10-4-1-5-11-22/h1-21H/t32-/m1/s1. The summed E-state index contributed by atoms with van der Waals surface area (Å²) in [6.07, 6.45) is 3.55. The molecule has 0 radical (unpaired) electrons. The van der Waals surface area contributed by atoms with Crippen LogP contribution >= 0.6 is 15.9 Å². The number of para-hydroxylation sites is 1. The molecule has 0 bridgehead atoms. The molecular weight excluding hydrogens is 524 g/mol. The smallest absolute Gasteiger partial charge is 0.272 e. The van der Waals surface area contributed by atoms with Crippen LogP contribution in [0.4, 0.5) is 5.69 Å². The molecule has 6 rings (SSSR count). The molecule has 1 heterocycles. The Hall–Kier alpha value is -4.35. The topological polar surface area (TPSA) is 49.7 Å². The normalized spacial score (nSPS) is 19.1. The van der Waals surface area contributed by atoms with Crippen molar-refractivity contribution in [1.82, 2.24) is 0 Å². The molecule has 1 aliphatic heterocycles. The minimum absolute atomic E-state index is 0.308. The monoisotopic (exact) mass is 544 g/mol. The fourth-order valence-electron chi connectivity index (χ4n) is 4.97. The molecule has 1 spiro atoms. The van der Waals surface area contributed by atoms with Crippen molar-refractivity contribution in [1.29, 1.82) is 0 Å². The lowest BCUT2D eigenvalue weighted by Crippen LogP contribution is -2.48. The number of amides is 1. The minimum atomic E-state index is -1.62. The summed E-state index contributed by atoms with van der Waals surface area (Å²) < 4.78 is 0.898. The second-order valence-corrected chi connectivity index (χ2v) is 9.83. The lowest BCUT2D eigenvalue weighted by Gasteiger charge is -2.33. The molecule has 0 unspecified atom stereocenters. The van der Waals surface area contributed by atoms with Crippen molar-refractivity contribution in [3.05, 3.63) is 149 Å². The van der Waals surface area contributed by atoms with Crippen LogP contribution in [0.5, 0.6) is 0 Å². The highest BCUT2D eigenvalue weighted by Crippen LogP contribution is 2.50. The summed E-state index contributed by atoms with van der Waals surface area (Å²) in [5.74, 6) is -0.696. The number of halogens is 1. The quantitative estimate of drug-likeness (QED) is 0.261. The number of benzene rings is 4. The zero-order chi connectivity index (χ0) is 25.4. The molecule has 0 N–H and O–H groups in total. The highest BCUT2D eigenvalue weighted by molar-refractivity contribution is 9.10. The van der Waals surface area contributed by atoms with Crippen LogP contribution in [0.15, 0.2) is 137 Å². The Balaban J connectivity index is 1.63. The van der Waals surface area contributed by atoms with Gasteiger partial charge in [0.05, 0.1) is 11.4 Å². The summed E-state index contributed by atoms with van der Waals surface area (Å²) in [7, 11) is 0. The number of carbonyl (C=O) groups is 2. The fourth-order valence-corrected chi connectivity index (χ4v) is 5.24. The van der Waals surface area contributed by atoms with E-state index in [1.54, 1.807) is 6.08 Å². The molecule has 0 saturated heterocycles. The Morgan fingerprint density at radius 1 is 0.622 bits per heavy atom. The van der Waals surface area contributed by atoms with Crippen LogP contribution in [-0.2, 0) is 9.59 Å². The van der Waals surface area contributed by atoms with Crippen LogP contribution in [0.2, 0.25) is 0 Å². The molecule has 1 amide bonds. The third-order valence-electron chi connectivity index (χ3n) is 6.74. The van der Waals surface area contributed by atoms with Crippen LogP contribution in [-0.4, -0.2) is 17.4 Å². The molecule has 4 aromatic carbocycles. The summed E-state index contributed by atoms with van der Waals surface area (Å²) in [5.41, 5.74) is 3.19. The van der Waals surface area contributed by atoms with Gasteiger partial charge >= 0.3 is 0 Å². The number of hydrogen-bond donors (Lipinski definition) is 0. The van der Waals surface area contributed by atoms with E-state index >= 15 is 0 Å². The van der Waals surface area contributed by atoms with Crippen LogP contribution in [0.1, 0.15) is 16.7 Å². The van der Waals surface area contributed by atoms with Gasteiger partial charge in [0.25, 0.3) is 5.91 Å². The van der Waals surface area contributed by atoms with E-state index in [4.69, 9.17) is 5.10 Å². The summed E-state index contributed by atoms with van der Waals surface area (Å²) in [5, 5.41) is 6.20. The average Bonchev–Trinajstić information content (AvgIpc) is 3.25. The van der Waals surface area contributed by atoms with E-state index in [1.165, 1.54) is 5.01 Å². The van der Waals surface area contributed by atoms with E-state index in [9.17, 15) is 9.59 Å². The first-order chi connectivity index (χ1) is 18.1. The molecular formula is C32H21BrN2O2. The number of nitrogens with zero attached hydrogens (tertiary/aromatic N) is 2. The first-order valence-corrected chi connectivity index (χ1v) is 12.7. The highest BCUT2D eigenvalue weighted by atomic mass is 79.9. The maximum atomic E-state index is 14.5. The van der Waals surface area contributed by atoms with E-state index in [0.29, 0.717) is 22.5 Å². The Morgan fingerprint density at radius 3 is 1.81 bits per heavy atom. The van der Waals surface area contributed by atoms with E-state index in [1.807, 2.05) is 121 Å². The van der Waals surface area contributed by atoms with Gasteiger partial charge in [-0.25, -0.2) is 0 Å². The average molecular weight is 545 g/mol. The van der Waals surface area contributed by atoms with Crippen molar-refractivity contribution < 1.29 is 9.59 Å². The van der Waals surface area contributed by atoms with Gasteiger partial charge in [-0.3, -0.25) is 9.59 Å². The Kier molecular flexibility index (Phi) is 5.78. The maximum Gasteiger partial charge on any atom is 0.272 e. The van der Waals surface area contributed by atoms with Crippen LogP contribution in [0.25, 0.3) is 11.1 Å². The lowest BCUT2D eigenvalue weighted by molar-refractivity contribution is -0.129. The number of hydrazone groups is 1.